The van der Waals surface area contributed by atoms with Gasteiger partial charge in [0.15, 0.2) is 6.29 Å². The van der Waals surface area contributed by atoms with Crippen LogP contribution in [0.3, 0.4) is 0 Å². The molecule has 2 N–H and O–H groups in total. The minimum Gasteiger partial charge on any atom is -0.383 e. The Morgan fingerprint density at radius 3 is 2.61 bits per heavy atom. The maximum atomic E-state index is 13.4. The third-order valence-corrected chi connectivity index (χ3v) is 3.58. The molecule has 0 spiro atoms. The van der Waals surface area contributed by atoms with Gasteiger partial charge in [-0.25, -0.2) is 4.98 Å². The Labute approximate surface area is 128 Å². The van der Waals surface area contributed by atoms with Gasteiger partial charge >= 0.3 is 6.18 Å². The number of aromatic nitrogens is 3. The molecule has 0 unspecified atom stereocenters. The van der Waals surface area contributed by atoms with Crippen LogP contribution in [0.1, 0.15) is 16.1 Å². The Balaban J connectivity index is 2.41. The molecule has 0 amide bonds. The van der Waals surface area contributed by atoms with Crippen molar-refractivity contribution in [2.75, 3.05) is 5.73 Å². The van der Waals surface area contributed by atoms with Crippen LogP contribution in [-0.2, 0) is 13.2 Å². The van der Waals surface area contributed by atoms with Crippen LogP contribution >= 0.6 is 0 Å². The lowest BCUT2D eigenvalue weighted by molar-refractivity contribution is -0.137. The number of alkyl halides is 3. The minimum atomic E-state index is -4.71. The number of hydrogen-bond acceptors (Lipinski definition) is 4. The van der Waals surface area contributed by atoms with Crippen molar-refractivity contribution in [3.63, 3.8) is 0 Å². The minimum absolute atomic E-state index is 0.153. The number of nitrogens with two attached hydrogens (primary N) is 1. The standard InChI is InChI=1S/C15H11F3N4O/c1-22-11(7-23)12(15(16,17)18)13(21-22)9-3-2-4-10-8(9)5-6-20-14(10)19/h2-7H,1H3,(H2,19,20). The summed E-state index contributed by atoms with van der Waals surface area (Å²) in [6, 6.07) is 6.31. The molecule has 0 atom stereocenters. The number of halogens is 3. The smallest absolute Gasteiger partial charge is 0.383 e. The Morgan fingerprint density at radius 2 is 1.96 bits per heavy atom. The molecule has 0 aliphatic carbocycles. The van der Waals surface area contributed by atoms with Gasteiger partial charge in [0.2, 0.25) is 0 Å². The number of nitrogen functional groups attached to an aromatic ring is 1. The molecule has 0 radical (unpaired) electrons. The maximum Gasteiger partial charge on any atom is 0.420 e. The van der Waals surface area contributed by atoms with Gasteiger partial charge in [-0.2, -0.15) is 18.3 Å². The highest BCUT2D eigenvalue weighted by molar-refractivity contribution is 6.01. The summed E-state index contributed by atoms with van der Waals surface area (Å²) in [6.45, 7) is 0. The van der Waals surface area contributed by atoms with Crippen LogP contribution < -0.4 is 5.73 Å². The topological polar surface area (TPSA) is 73.8 Å². The van der Waals surface area contributed by atoms with E-state index < -0.39 is 17.4 Å². The van der Waals surface area contributed by atoms with Crippen LogP contribution in [0.4, 0.5) is 19.0 Å². The molecule has 118 valence electrons. The van der Waals surface area contributed by atoms with Gasteiger partial charge in [0.1, 0.15) is 22.8 Å². The first-order valence-corrected chi connectivity index (χ1v) is 6.57. The Kier molecular flexibility index (Phi) is 3.32. The largest absolute Gasteiger partial charge is 0.420 e. The van der Waals surface area contributed by atoms with Gasteiger partial charge in [-0.15, -0.1) is 0 Å². The molecule has 2 heterocycles. The summed E-state index contributed by atoms with van der Waals surface area (Å²) < 4.78 is 41.2. The number of carbonyl (C=O) groups is 1. The quantitative estimate of drug-likeness (QED) is 0.737. The third kappa shape index (κ3) is 2.32. The summed E-state index contributed by atoms with van der Waals surface area (Å²) >= 11 is 0. The number of aryl methyl sites for hydroxylation is 1. The second-order valence-electron chi connectivity index (χ2n) is 4.94. The van der Waals surface area contributed by atoms with Crippen molar-refractivity contribution in [1.82, 2.24) is 14.8 Å². The predicted molar refractivity (Wildman–Crippen MR) is 78.7 cm³/mol. The van der Waals surface area contributed by atoms with E-state index in [1.165, 1.54) is 19.3 Å². The SMILES string of the molecule is Cn1nc(-c2cccc3c(N)nccc23)c(C(F)(F)F)c1C=O. The zero-order valence-corrected chi connectivity index (χ0v) is 11.9. The van der Waals surface area contributed by atoms with E-state index in [0.29, 0.717) is 10.8 Å². The molecule has 0 saturated heterocycles. The van der Waals surface area contributed by atoms with Crippen molar-refractivity contribution in [3.05, 3.63) is 41.7 Å². The normalized spacial score (nSPS) is 11.8. The van der Waals surface area contributed by atoms with E-state index in [-0.39, 0.29) is 23.4 Å². The molecule has 0 aliphatic heterocycles. The van der Waals surface area contributed by atoms with E-state index in [4.69, 9.17) is 5.73 Å². The van der Waals surface area contributed by atoms with Gasteiger partial charge in [0, 0.05) is 24.2 Å². The zero-order valence-electron chi connectivity index (χ0n) is 11.9. The van der Waals surface area contributed by atoms with E-state index in [1.807, 2.05) is 0 Å². The van der Waals surface area contributed by atoms with E-state index >= 15 is 0 Å². The van der Waals surface area contributed by atoms with Crippen molar-refractivity contribution in [1.29, 1.82) is 0 Å². The average molecular weight is 320 g/mol. The monoisotopic (exact) mass is 320 g/mol. The summed E-state index contributed by atoms with van der Waals surface area (Å²) in [6.07, 6.45) is -3.14. The Morgan fingerprint density at radius 1 is 1.22 bits per heavy atom. The lowest BCUT2D eigenvalue weighted by Gasteiger charge is -2.10. The lowest BCUT2D eigenvalue weighted by Crippen LogP contribution is -2.10. The predicted octanol–water partition coefficient (Wildman–Crippen LogP) is 3.05. The van der Waals surface area contributed by atoms with Gasteiger partial charge < -0.3 is 5.73 Å². The fourth-order valence-electron chi connectivity index (χ4n) is 2.58. The van der Waals surface area contributed by atoms with E-state index in [9.17, 15) is 18.0 Å². The third-order valence-electron chi connectivity index (χ3n) is 3.58. The van der Waals surface area contributed by atoms with Gasteiger partial charge in [0.25, 0.3) is 0 Å². The highest BCUT2D eigenvalue weighted by atomic mass is 19.4. The number of anilines is 1. The summed E-state index contributed by atoms with van der Waals surface area (Å²) in [5, 5.41) is 4.91. The number of carbonyl (C=O) groups excluding carboxylic acids is 1. The van der Waals surface area contributed by atoms with Crippen molar-refractivity contribution in [3.8, 4) is 11.3 Å². The van der Waals surface area contributed by atoms with Gasteiger partial charge in [-0.1, -0.05) is 18.2 Å². The van der Waals surface area contributed by atoms with Crippen LogP contribution in [0.15, 0.2) is 30.5 Å². The molecule has 3 aromatic rings. The van der Waals surface area contributed by atoms with Crippen molar-refractivity contribution >= 4 is 22.9 Å². The molecular formula is C15H11F3N4O. The van der Waals surface area contributed by atoms with Gasteiger partial charge in [-0.3, -0.25) is 9.48 Å². The van der Waals surface area contributed by atoms with E-state index in [1.54, 1.807) is 18.2 Å². The molecule has 2 aromatic heterocycles. The second-order valence-corrected chi connectivity index (χ2v) is 4.94. The van der Waals surface area contributed by atoms with E-state index in [2.05, 4.69) is 10.1 Å². The van der Waals surface area contributed by atoms with Crippen LogP contribution in [0.5, 0.6) is 0 Å². The number of hydrogen-bond donors (Lipinski definition) is 1. The number of rotatable bonds is 2. The molecule has 0 saturated carbocycles. The molecule has 1 aromatic carbocycles. The lowest BCUT2D eigenvalue weighted by atomic mass is 9.99. The molecule has 5 nitrogen and oxygen atoms in total. The Hall–Kier alpha value is -2.90. The molecule has 23 heavy (non-hydrogen) atoms. The zero-order chi connectivity index (χ0) is 16.8. The molecular weight excluding hydrogens is 309 g/mol. The first kappa shape index (κ1) is 15.0. The van der Waals surface area contributed by atoms with Crippen LogP contribution in [0, 0.1) is 0 Å². The number of benzene rings is 1. The molecule has 0 fully saturated rings. The summed E-state index contributed by atoms with van der Waals surface area (Å²) in [7, 11) is 1.30. The van der Waals surface area contributed by atoms with Gasteiger partial charge in [0.05, 0.1) is 0 Å². The van der Waals surface area contributed by atoms with Crippen LogP contribution in [-0.4, -0.2) is 21.1 Å². The summed E-state index contributed by atoms with van der Waals surface area (Å²) in [5.41, 5.74) is 4.13. The summed E-state index contributed by atoms with van der Waals surface area (Å²) in [4.78, 5) is 15.0. The van der Waals surface area contributed by atoms with Crippen molar-refractivity contribution in [2.24, 2.45) is 7.05 Å². The molecule has 8 heteroatoms. The number of nitrogens with zero attached hydrogens (tertiary/aromatic N) is 3. The fourth-order valence-corrected chi connectivity index (χ4v) is 2.58. The van der Waals surface area contributed by atoms with Gasteiger partial charge in [-0.05, 0) is 11.5 Å². The number of pyridine rings is 1. The van der Waals surface area contributed by atoms with Crippen molar-refractivity contribution in [2.45, 2.75) is 6.18 Å². The maximum absolute atomic E-state index is 13.4. The Bertz CT molecular complexity index is 915. The number of aldehydes is 1. The van der Waals surface area contributed by atoms with Crippen molar-refractivity contribution < 1.29 is 18.0 Å². The average Bonchev–Trinajstić information content (AvgIpc) is 2.83. The first-order valence-electron chi connectivity index (χ1n) is 6.57. The molecule has 3 rings (SSSR count). The highest BCUT2D eigenvalue weighted by Crippen LogP contribution is 2.40. The molecule has 0 bridgehead atoms. The first-order chi connectivity index (χ1) is 10.8. The highest BCUT2D eigenvalue weighted by Gasteiger charge is 2.40. The fraction of sp³-hybridized carbons (Fsp3) is 0.133. The summed E-state index contributed by atoms with van der Waals surface area (Å²) in [5.74, 6) is 0.212. The van der Waals surface area contributed by atoms with E-state index in [0.717, 1.165) is 4.68 Å². The second kappa shape index (κ2) is 5.08. The van der Waals surface area contributed by atoms with Crippen LogP contribution in [0.2, 0.25) is 0 Å². The molecule has 0 aliphatic rings. The number of fused-ring (bicyclic) bond motifs is 1. The van der Waals surface area contributed by atoms with Crippen LogP contribution in [0.25, 0.3) is 22.0 Å².